The molecule has 9 nitrogen and oxygen atoms in total. The number of likely N-dealkylation sites (tertiary alicyclic amines) is 1. The van der Waals surface area contributed by atoms with E-state index in [1.165, 1.54) is 11.1 Å². The molecule has 0 spiro atoms. The first-order chi connectivity index (χ1) is 15.1. The number of nitrogens with one attached hydrogen (secondary N) is 3. The Bertz CT molecular complexity index is 876. The quantitative estimate of drug-likeness (QED) is 0.110. The number of fused-ring (bicyclic) bond motifs is 5. The molecule has 32 heavy (non-hydrogen) atoms. The summed E-state index contributed by atoms with van der Waals surface area (Å²) in [6.45, 7) is 4.15. The van der Waals surface area contributed by atoms with E-state index in [1.807, 2.05) is 6.92 Å². The monoisotopic (exact) mass is 552 g/mol. The van der Waals surface area contributed by atoms with Gasteiger partial charge in [0.2, 0.25) is 11.8 Å². The van der Waals surface area contributed by atoms with Gasteiger partial charge in [-0.1, -0.05) is 12.2 Å². The summed E-state index contributed by atoms with van der Waals surface area (Å²) < 4.78 is 0. The lowest BCUT2D eigenvalue weighted by atomic mass is 9.85. The maximum atomic E-state index is 12.7. The largest absolute Gasteiger partial charge is 0.357 e. The van der Waals surface area contributed by atoms with Crippen LogP contribution in [0.2, 0.25) is 0 Å². The number of hydrogen-bond acceptors (Lipinski definition) is 5. The van der Waals surface area contributed by atoms with Crippen LogP contribution in [-0.2, 0) is 9.59 Å². The van der Waals surface area contributed by atoms with Gasteiger partial charge in [0.05, 0.1) is 23.9 Å². The number of aromatic nitrogens is 1. The number of carbonyl (C=O) groups excluding carboxylic acids is 3. The van der Waals surface area contributed by atoms with Crippen molar-refractivity contribution in [3.8, 4) is 0 Å². The van der Waals surface area contributed by atoms with E-state index in [0.29, 0.717) is 44.2 Å². The van der Waals surface area contributed by atoms with Crippen LogP contribution < -0.4 is 16.0 Å². The number of guanidine groups is 1. The van der Waals surface area contributed by atoms with Crippen molar-refractivity contribution in [1.29, 1.82) is 0 Å². The summed E-state index contributed by atoms with van der Waals surface area (Å²) in [4.78, 5) is 47.3. The standard InChI is InChI=1S/C22H28N6O3.HI/c1-2-24-22(26-9-8-25-19(29)16-4-3-7-23-13-16)27-10-11-28-20(30)17-14-5-6-15(12-14)18(17)21(28)31;/h3-7,13-15,17-18H,2,8-12H2,1H3,(H,25,29)(H2,24,26,27);1H. The third-order valence-corrected chi connectivity index (χ3v) is 6.12. The van der Waals surface area contributed by atoms with Crippen molar-refractivity contribution in [2.75, 3.05) is 32.7 Å². The second-order valence-electron chi connectivity index (χ2n) is 8.01. The van der Waals surface area contributed by atoms with Crippen molar-refractivity contribution in [3.63, 3.8) is 0 Å². The molecule has 4 atom stereocenters. The Balaban J connectivity index is 0.00000289. The Morgan fingerprint density at radius 2 is 1.84 bits per heavy atom. The first kappa shape index (κ1) is 24.1. The number of imide groups is 1. The molecule has 3 N–H and O–H groups in total. The molecule has 0 aromatic carbocycles. The van der Waals surface area contributed by atoms with Crippen LogP contribution >= 0.6 is 24.0 Å². The molecule has 2 aliphatic carbocycles. The van der Waals surface area contributed by atoms with Crippen LogP contribution in [0.15, 0.2) is 41.7 Å². The van der Waals surface area contributed by atoms with Gasteiger partial charge in [0.1, 0.15) is 0 Å². The van der Waals surface area contributed by atoms with E-state index in [9.17, 15) is 14.4 Å². The molecule has 10 heteroatoms. The SMILES string of the molecule is CCNC(=NCCNC(=O)c1cccnc1)NCCN1C(=O)C2C3C=CC(C3)C2C1=O.I. The molecule has 1 saturated heterocycles. The summed E-state index contributed by atoms with van der Waals surface area (Å²) in [7, 11) is 0. The molecule has 3 amide bonds. The van der Waals surface area contributed by atoms with Gasteiger partial charge in [0, 0.05) is 38.6 Å². The highest BCUT2D eigenvalue weighted by Gasteiger charge is 2.58. The van der Waals surface area contributed by atoms with Gasteiger partial charge >= 0.3 is 0 Å². The average molecular weight is 552 g/mol. The lowest BCUT2D eigenvalue weighted by Gasteiger charge is -2.18. The number of aliphatic imine (C=N–C) groups is 1. The topological polar surface area (TPSA) is 116 Å². The number of amides is 3. The summed E-state index contributed by atoms with van der Waals surface area (Å²) in [5.41, 5.74) is 0.505. The molecule has 4 rings (SSSR count). The van der Waals surface area contributed by atoms with E-state index in [1.54, 1.807) is 18.3 Å². The summed E-state index contributed by atoms with van der Waals surface area (Å²) in [6, 6.07) is 3.42. The minimum atomic E-state index is -0.193. The minimum absolute atomic E-state index is 0. The minimum Gasteiger partial charge on any atom is -0.357 e. The summed E-state index contributed by atoms with van der Waals surface area (Å²) in [5, 5.41) is 9.10. The van der Waals surface area contributed by atoms with Gasteiger partial charge in [-0.25, -0.2) is 0 Å². The highest BCUT2D eigenvalue weighted by Crippen LogP contribution is 2.52. The van der Waals surface area contributed by atoms with E-state index >= 15 is 0 Å². The van der Waals surface area contributed by atoms with Crippen molar-refractivity contribution in [1.82, 2.24) is 25.8 Å². The Kier molecular flexibility index (Phi) is 8.21. The zero-order chi connectivity index (χ0) is 21.8. The molecule has 2 fully saturated rings. The fourth-order valence-corrected chi connectivity index (χ4v) is 4.75. The molecule has 2 bridgehead atoms. The number of allylic oxidation sites excluding steroid dienone is 2. The lowest BCUT2D eigenvalue weighted by molar-refractivity contribution is -0.140. The molecule has 3 aliphatic rings. The normalized spacial score (nSPS) is 25.5. The van der Waals surface area contributed by atoms with Crippen molar-refractivity contribution < 1.29 is 14.4 Å². The van der Waals surface area contributed by atoms with Crippen LogP contribution in [0.25, 0.3) is 0 Å². The molecule has 1 aliphatic heterocycles. The van der Waals surface area contributed by atoms with Gasteiger partial charge in [-0.3, -0.25) is 29.3 Å². The Morgan fingerprint density at radius 3 is 2.47 bits per heavy atom. The predicted octanol–water partition coefficient (Wildman–Crippen LogP) is 0.792. The maximum Gasteiger partial charge on any atom is 0.252 e. The van der Waals surface area contributed by atoms with E-state index in [2.05, 4.69) is 38.1 Å². The number of halogens is 1. The number of hydrogen-bond donors (Lipinski definition) is 3. The number of nitrogens with zero attached hydrogens (tertiary/aromatic N) is 3. The van der Waals surface area contributed by atoms with Crippen LogP contribution in [0.4, 0.5) is 0 Å². The van der Waals surface area contributed by atoms with Crippen molar-refractivity contribution in [3.05, 3.63) is 42.2 Å². The van der Waals surface area contributed by atoms with E-state index < -0.39 is 0 Å². The van der Waals surface area contributed by atoms with Gasteiger partial charge in [-0.15, -0.1) is 24.0 Å². The molecular formula is C22H29IN6O3. The maximum absolute atomic E-state index is 12.7. The number of carbonyl (C=O) groups is 3. The summed E-state index contributed by atoms with van der Waals surface area (Å²) in [5.74, 6) is 0.457. The zero-order valence-electron chi connectivity index (χ0n) is 18.0. The smallest absolute Gasteiger partial charge is 0.252 e. The van der Waals surface area contributed by atoms with Crippen molar-refractivity contribution in [2.45, 2.75) is 13.3 Å². The van der Waals surface area contributed by atoms with Gasteiger partial charge < -0.3 is 16.0 Å². The Labute approximate surface area is 204 Å². The van der Waals surface area contributed by atoms with Crippen LogP contribution in [0.5, 0.6) is 0 Å². The highest BCUT2D eigenvalue weighted by atomic mass is 127. The van der Waals surface area contributed by atoms with Crippen LogP contribution in [0, 0.1) is 23.7 Å². The fraction of sp³-hybridized carbons (Fsp3) is 0.500. The Hall–Kier alpha value is -2.50. The first-order valence-corrected chi connectivity index (χ1v) is 10.8. The van der Waals surface area contributed by atoms with Crippen molar-refractivity contribution in [2.24, 2.45) is 28.7 Å². The predicted molar refractivity (Wildman–Crippen MR) is 130 cm³/mol. The number of rotatable bonds is 8. The van der Waals surface area contributed by atoms with Crippen LogP contribution in [0.3, 0.4) is 0 Å². The molecule has 2 heterocycles. The second kappa shape index (κ2) is 10.9. The molecular weight excluding hydrogens is 523 g/mol. The van der Waals surface area contributed by atoms with E-state index in [0.717, 1.165) is 6.42 Å². The van der Waals surface area contributed by atoms with Gasteiger partial charge in [-0.2, -0.15) is 0 Å². The molecule has 0 radical (unpaired) electrons. The second-order valence-corrected chi connectivity index (χ2v) is 8.01. The third-order valence-electron chi connectivity index (χ3n) is 6.12. The Morgan fingerprint density at radius 1 is 1.12 bits per heavy atom. The molecule has 172 valence electrons. The van der Waals surface area contributed by atoms with Crippen LogP contribution in [-0.4, -0.2) is 66.3 Å². The lowest BCUT2D eigenvalue weighted by Crippen LogP contribution is -2.44. The van der Waals surface area contributed by atoms with Crippen molar-refractivity contribution >= 4 is 47.7 Å². The van der Waals surface area contributed by atoms with Crippen LogP contribution in [0.1, 0.15) is 23.7 Å². The average Bonchev–Trinajstić information content (AvgIpc) is 3.46. The zero-order valence-corrected chi connectivity index (χ0v) is 20.3. The molecule has 1 aromatic rings. The molecule has 1 saturated carbocycles. The van der Waals surface area contributed by atoms with Gasteiger partial charge in [0.15, 0.2) is 5.96 Å². The summed E-state index contributed by atoms with van der Waals surface area (Å²) >= 11 is 0. The summed E-state index contributed by atoms with van der Waals surface area (Å²) in [6.07, 6.45) is 8.27. The van der Waals surface area contributed by atoms with E-state index in [-0.39, 0.29) is 65.4 Å². The van der Waals surface area contributed by atoms with Gasteiger partial charge in [-0.05, 0) is 37.3 Å². The number of pyridine rings is 1. The third kappa shape index (κ3) is 4.94. The molecule has 4 unspecified atom stereocenters. The first-order valence-electron chi connectivity index (χ1n) is 10.8. The highest BCUT2D eigenvalue weighted by molar-refractivity contribution is 14.0. The molecule has 1 aromatic heterocycles. The van der Waals surface area contributed by atoms with E-state index in [4.69, 9.17) is 0 Å². The van der Waals surface area contributed by atoms with Gasteiger partial charge in [0.25, 0.3) is 5.91 Å². The fourth-order valence-electron chi connectivity index (χ4n) is 4.75.